The first-order valence-corrected chi connectivity index (χ1v) is 7.90. The average Bonchev–Trinajstić information content (AvgIpc) is 2.40. The van der Waals surface area contributed by atoms with Crippen LogP contribution in [0.4, 0.5) is 14.9 Å². The Labute approximate surface area is 120 Å². The molecule has 1 heterocycles. The first-order valence-electron chi connectivity index (χ1n) is 6.08. The number of nitrogens with zero attached hydrogens (tertiary/aromatic N) is 1. The van der Waals surface area contributed by atoms with Gasteiger partial charge in [-0.15, -0.1) is 0 Å². The average molecular weight is 316 g/mol. The minimum Gasteiger partial charge on any atom is -0.478 e. The van der Waals surface area contributed by atoms with E-state index >= 15 is 0 Å². The molecule has 2 N–H and O–H groups in total. The van der Waals surface area contributed by atoms with Crippen molar-refractivity contribution in [2.75, 3.05) is 29.9 Å². The highest BCUT2D eigenvalue weighted by Crippen LogP contribution is 2.18. The SMILES string of the molecule is O=C(O)c1cc(F)ccc1NC(=O)N1CCS(=O)(=O)CC1. The summed E-state index contributed by atoms with van der Waals surface area (Å²) in [5.74, 6) is -2.36. The maximum atomic E-state index is 13.0. The van der Waals surface area contributed by atoms with Crippen molar-refractivity contribution in [3.05, 3.63) is 29.6 Å². The molecule has 1 aromatic carbocycles. The van der Waals surface area contributed by atoms with Gasteiger partial charge in [-0.3, -0.25) is 0 Å². The predicted octanol–water partition coefficient (Wildman–Crippen LogP) is 0.786. The smallest absolute Gasteiger partial charge is 0.337 e. The summed E-state index contributed by atoms with van der Waals surface area (Å²) in [4.78, 5) is 24.3. The van der Waals surface area contributed by atoms with E-state index in [1.54, 1.807) is 0 Å². The molecule has 0 bridgehead atoms. The lowest BCUT2D eigenvalue weighted by Gasteiger charge is -2.27. The predicted molar refractivity (Wildman–Crippen MR) is 72.6 cm³/mol. The molecular formula is C12H13FN2O5S. The van der Waals surface area contributed by atoms with E-state index in [1.165, 1.54) is 4.90 Å². The monoisotopic (exact) mass is 316 g/mol. The number of rotatable bonds is 2. The van der Waals surface area contributed by atoms with Crippen molar-refractivity contribution in [3.63, 3.8) is 0 Å². The quantitative estimate of drug-likeness (QED) is 0.839. The van der Waals surface area contributed by atoms with Crippen molar-refractivity contribution in [1.29, 1.82) is 0 Å². The van der Waals surface area contributed by atoms with Gasteiger partial charge < -0.3 is 15.3 Å². The molecule has 1 aromatic rings. The summed E-state index contributed by atoms with van der Waals surface area (Å²) in [5, 5.41) is 11.3. The van der Waals surface area contributed by atoms with Gasteiger partial charge in [-0.1, -0.05) is 0 Å². The highest BCUT2D eigenvalue weighted by atomic mass is 32.2. The second-order valence-electron chi connectivity index (χ2n) is 4.56. The second-order valence-corrected chi connectivity index (χ2v) is 6.87. The van der Waals surface area contributed by atoms with E-state index in [2.05, 4.69) is 5.32 Å². The van der Waals surface area contributed by atoms with Gasteiger partial charge in [0.05, 0.1) is 22.8 Å². The number of carboxylic acids is 1. The van der Waals surface area contributed by atoms with Gasteiger partial charge in [0.1, 0.15) is 5.82 Å². The van der Waals surface area contributed by atoms with Crippen LogP contribution in [0.15, 0.2) is 18.2 Å². The summed E-state index contributed by atoms with van der Waals surface area (Å²) in [6, 6.07) is 2.37. The van der Waals surface area contributed by atoms with Crippen LogP contribution >= 0.6 is 0 Å². The van der Waals surface area contributed by atoms with Crippen molar-refractivity contribution >= 4 is 27.5 Å². The molecule has 0 spiro atoms. The molecule has 1 aliphatic rings. The summed E-state index contributed by atoms with van der Waals surface area (Å²) in [6.45, 7) is 0.0789. The molecular weight excluding hydrogens is 303 g/mol. The third-order valence-corrected chi connectivity index (χ3v) is 4.69. The van der Waals surface area contributed by atoms with Crippen molar-refractivity contribution in [1.82, 2.24) is 4.90 Å². The minimum atomic E-state index is -3.11. The lowest BCUT2D eigenvalue weighted by atomic mass is 10.1. The van der Waals surface area contributed by atoms with Crippen LogP contribution in [0.25, 0.3) is 0 Å². The fourth-order valence-electron chi connectivity index (χ4n) is 1.91. The number of carbonyl (C=O) groups is 2. The number of hydrogen-bond donors (Lipinski definition) is 2. The van der Waals surface area contributed by atoms with Gasteiger partial charge in [0.15, 0.2) is 9.84 Å². The Hall–Kier alpha value is -2.16. The topological polar surface area (TPSA) is 104 Å². The number of sulfone groups is 1. The lowest BCUT2D eigenvalue weighted by molar-refractivity contribution is 0.0697. The fourth-order valence-corrected chi connectivity index (χ4v) is 3.11. The van der Waals surface area contributed by atoms with E-state index < -0.39 is 27.7 Å². The molecule has 0 atom stereocenters. The van der Waals surface area contributed by atoms with Gasteiger partial charge in [0, 0.05) is 13.1 Å². The molecule has 0 aliphatic carbocycles. The summed E-state index contributed by atoms with van der Waals surface area (Å²) in [7, 11) is -3.11. The number of carboxylic acid groups (broad SMARTS) is 1. The number of benzene rings is 1. The van der Waals surface area contributed by atoms with E-state index in [0.717, 1.165) is 18.2 Å². The molecule has 1 saturated heterocycles. The van der Waals surface area contributed by atoms with Crippen LogP contribution in [0, 0.1) is 5.82 Å². The third kappa shape index (κ3) is 3.69. The molecule has 2 amide bonds. The number of urea groups is 1. The van der Waals surface area contributed by atoms with E-state index in [0.29, 0.717) is 0 Å². The number of amides is 2. The number of hydrogen-bond acceptors (Lipinski definition) is 4. The molecule has 9 heteroatoms. The Bertz CT molecular complexity index is 675. The minimum absolute atomic E-state index is 0.0395. The molecule has 0 saturated carbocycles. The molecule has 1 aliphatic heterocycles. The molecule has 0 radical (unpaired) electrons. The van der Waals surface area contributed by atoms with Crippen LogP contribution < -0.4 is 5.32 Å². The summed E-state index contributed by atoms with van der Waals surface area (Å²) >= 11 is 0. The van der Waals surface area contributed by atoms with Crippen molar-refractivity contribution in [2.45, 2.75) is 0 Å². The normalized spacial score (nSPS) is 17.3. The molecule has 0 unspecified atom stereocenters. The Morgan fingerprint density at radius 2 is 1.86 bits per heavy atom. The molecule has 2 rings (SSSR count). The Morgan fingerprint density at radius 3 is 2.43 bits per heavy atom. The van der Waals surface area contributed by atoms with E-state index in [4.69, 9.17) is 5.11 Å². The third-order valence-electron chi connectivity index (χ3n) is 3.09. The molecule has 7 nitrogen and oxygen atoms in total. The summed E-state index contributed by atoms with van der Waals surface area (Å²) < 4.78 is 35.6. The van der Waals surface area contributed by atoms with Gasteiger partial charge >= 0.3 is 12.0 Å². The molecule has 1 fully saturated rings. The number of nitrogens with one attached hydrogen (secondary N) is 1. The summed E-state index contributed by atoms with van der Waals surface area (Å²) in [6.07, 6.45) is 0. The van der Waals surface area contributed by atoms with Crippen LogP contribution in [0.1, 0.15) is 10.4 Å². The largest absolute Gasteiger partial charge is 0.478 e. The van der Waals surface area contributed by atoms with Crippen molar-refractivity contribution < 1.29 is 27.5 Å². The molecule has 0 aromatic heterocycles. The first kappa shape index (κ1) is 15.2. The highest BCUT2D eigenvalue weighted by molar-refractivity contribution is 7.91. The number of aromatic carboxylic acids is 1. The Morgan fingerprint density at radius 1 is 1.24 bits per heavy atom. The van der Waals surface area contributed by atoms with Gasteiger partial charge in [0.2, 0.25) is 0 Å². The fraction of sp³-hybridized carbons (Fsp3) is 0.333. The van der Waals surface area contributed by atoms with Crippen molar-refractivity contribution in [2.24, 2.45) is 0 Å². The second kappa shape index (κ2) is 5.68. The zero-order valence-electron chi connectivity index (χ0n) is 10.9. The molecule has 114 valence electrons. The van der Waals surface area contributed by atoms with Gasteiger partial charge in [-0.25, -0.2) is 22.4 Å². The van der Waals surface area contributed by atoms with Crippen LogP contribution in [0.5, 0.6) is 0 Å². The lowest BCUT2D eigenvalue weighted by Crippen LogP contribution is -2.45. The number of anilines is 1. The molecule has 21 heavy (non-hydrogen) atoms. The number of carbonyl (C=O) groups excluding carboxylic acids is 1. The first-order chi connectivity index (χ1) is 9.78. The number of halogens is 1. The van der Waals surface area contributed by atoms with E-state index in [-0.39, 0.29) is 35.8 Å². The zero-order chi connectivity index (χ0) is 15.6. The van der Waals surface area contributed by atoms with Gasteiger partial charge in [-0.2, -0.15) is 0 Å². The van der Waals surface area contributed by atoms with E-state index in [1.807, 2.05) is 0 Å². The van der Waals surface area contributed by atoms with Crippen molar-refractivity contribution in [3.8, 4) is 0 Å². The highest BCUT2D eigenvalue weighted by Gasteiger charge is 2.25. The Kier molecular flexibility index (Phi) is 4.12. The maximum absolute atomic E-state index is 13.0. The van der Waals surface area contributed by atoms with Crippen LogP contribution in [-0.2, 0) is 9.84 Å². The Balaban J connectivity index is 2.12. The zero-order valence-corrected chi connectivity index (χ0v) is 11.7. The van der Waals surface area contributed by atoms with Gasteiger partial charge in [0.25, 0.3) is 0 Å². The van der Waals surface area contributed by atoms with Crippen LogP contribution in [-0.4, -0.2) is 55.0 Å². The maximum Gasteiger partial charge on any atom is 0.337 e. The summed E-state index contributed by atoms with van der Waals surface area (Å²) in [5.41, 5.74) is -0.407. The van der Waals surface area contributed by atoms with Crippen LogP contribution in [0.3, 0.4) is 0 Å². The standard InChI is InChI=1S/C12H13FN2O5S/c13-8-1-2-10(9(7-8)11(16)17)14-12(18)15-3-5-21(19,20)6-4-15/h1-2,7H,3-6H2,(H,14,18)(H,16,17). The van der Waals surface area contributed by atoms with Gasteiger partial charge in [-0.05, 0) is 18.2 Å². The van der Waals surface area contributed by atoms with Crippen LogP contribution in [0.2, 0.25) is 0 Å². The van der Waals surface area contributed by atoms with E-state index in [9.17, 15) is 22.4 Å².